The van der Waals surface area contributed by atoms with Gasteiger partial charge in [0.05, 0.1) is 32.8 Å². The van der Waals surface area contributed by atoms with Crippen LogP contribution in [0.5, 0.6) is 0 Å². The zero-order valence-corrected chi connectivity index (χ0v) is 22.9. The molecular formula is C25H49NO8S. The molecule has 0 aromatic carbocycles. The lowest BCUT2D eigenvalue weighted by Crippen LogP contribution is -2.24. The van der Waals surface area contributed by atoms with E-state index in [1.54, 1.807) is 11.8 Å². The molecule has 0 aromatic heterocycles. The van der Waals surface area contributed by atoms with Crippen molar-refractivity contribution in [3.05, 3.63) is 0 Å². The lowest BCUT2D eigenvalue weighted by atomic mass is 10.0. The van der Waals surface area contributed by atoms with E-state index in [1.807, 2.05) is 13.8 Å². The molecule has 0 saturated heterocycles. The Morgan fingerprint density at radius 3 is 2.17 bits per heavy atom. The van der Waals surface area contributed by atoms with Crippen LogP contribution in [0.25, 0.3) is 0 Å². The molecule has 0 fully saturated rings. The van der Waals surface area contributed by atoms with Gasteiger partial charge in [-0.1, -0.05) is 19.8 Å². The van der Waals surface area contributed by atoms with Gasteiger partial charge in [0.25, 0.3) is 0 Å². The zero-order chi connectivity index (χ0) is 26.0. The van der Waals surface area contributed by atoms with Crippen LogP contribution in [0.2, 0.25) is 0 Å². The largest absolute Gasteiger partial charge is 0.463 e. The third kappa shape index (κ3) is 23.3. The number of hydrogen-bond donors (Lipinski definition) is 2. The maximum absolute atomic E-state index is 11.8. The van der Waals surface area contributed by atoms with Crippen LogP contribution < -0.4 is 5.32 Å². The number of unbranched alkanes of at least 4 members (excludes halogenated alkanes) is 1. The van der Waals surface area contributed by atoms with Crippen LogP contribution in [0, 0.1) is 5.92 Å². The fourth-order valence-electron chi connectivity index (χ4n) is 3.10. The van der Waals surface area contributed by atoms with E-state index in [0.29, 0.717) is 82.9 Å². The first-order valence-electron chi connectivity index (χ1n) is 13.1. The number of ether oxygens (including phenoxy) is 5. The van der Waals surface area contributed by atoms with Gasteiger partial charge in [0.15, 0.2) is 6.29 Å². The van der Waals surface area contributed by atoms with Gasteiger partial charge in [-0.05, 0) is 32.6 Å². The first kappa shape index (κ1) is 34.1. The van der Waals surface area contributed by atoms with Crippen LogP contribution in [0.4, 0.5) is 0 Å². The van der Waals surface area contributed by atoms with E-state index < -0.39 is 0 Å². The summed E-state index contributed by atoms with van der Waals surface area (Å²) >= 11 is 1.57. The molecule has 0 radical (unpaired) electrons. The lowest BCUT2D eigenvalue weighted by Gasteiger charge is -2.16. The van der Waals surface area contributed by atoms with E-state index in [2.05, 4.69) is 12.2 Å². The Balaban J connectivity index is 3.43. The molecule has 9 nitrogen and oxygen atoms in total. The monoisotopic (exact) mass is 523 g/mol. The van der Waals surface area contributed by atoms with Gasteiger partial charge in [0, 0.05) is 50.7 Å². The Morgan fingerprint density at radius 2 is 1.51 bits per heavy atom. The van der Waals surface area contributed by atoms with Crippen LogP contribution in [-0.2, 0) is 33.3 Å². The molecule has 0 spiro atoms. The minimum atomic E-state index is -0.257. The number of rotatable bonds is 26. The van der Waals surface area contributed by atoms with E-state index >= 15 is 0 Å². The van der Waals surface area contributed by atoms with Gasteiger partial charge < -0.3 is 34.1 Å². The van der Waals surface area contributed by atoms with Crippen molar-refractivity contribution in [3.63, 3.8) is 0 Å². The van der Waals surface area contributed by atoms with Gasteiger partial charge in [-0.2, -0.15) is 11.8 Å². The number of carbonyl (C=O) groups excluding carboxylic acids is 2. The van der Waals surface area contributed by atoms with E-state index in [0.717, 1.165) is 25.7 Å². The van der Waals surface area contributed by atoms with Gasteiger partial charge in [0.2, 0.25) is 5.91 Å². The lowest BCUT2D eigenvalue weighted by molar-refractivity contribution is -0.147. The molecule has 1 atom stereocenters. The molecular weight excluding hydrogens is 474 g/mol. The minimum absolute atomic E-state index is 0.0406. The Labute approximate surface area is 216 Å². The van der Waals surface area contributed by atoms with Crippen LogP contribution in [0.3, 0.4) is 0 Å². The van der Waals surface area contributed by atoms with Gasteiger partial charge in [-0.3, -0.25) is 9.59 Å². The molecule has 35 heavy (non-hydrogen) atoms. The van der Waals surface area contributed by atoms with E-state index in [4.69, 9.17) is 28.8 Å². The molecule has 0 aliphatic rings. The molecule has 0 rings (SSSR count). The number of nitrogens with one attached hydrogen (secondary N) is 1. The number of aliphatic hydroxyl groups is 1. The second-order valence-electron chi connectivity index (χ2n) is 7.99. The number of carbonyl (C=O) groups is 2. The van der Waals surface area contributed by atoms with Crippen molar-refractivity contribution in [3.8, 4) is 0 Å². The van der Waals surface area contributed by atoms with E-state index in [1.165, 1.54) is 0 Å². The molecule has 208 valence electrons. The fraction of sp³-hybridized carbons (Fsp3) is 0.920. The first-order chi connectivity index (χ1) is 17.1. The predicted octanol–water partition coefficient (Wildman–Crippen LogP) is 3.17. The summed E-state index contributed by atoms with van der Waals surface area (Å²) in [6.45, 7) is 10.1. The average Bonchev–Trinajstić information content (AvgIpc) is 2.85. The normalized spacial score (nSPS) is 12.1. The molecule has 1 unspecified atom stereocenters. The van der Waals surface area contributed by atoms with E-state index in [9.17, 15) is 9.59 Å². The molecule has 0 heterocycles. The maximum Gasteiger partial charge on any atom is 0.306 e. The second kappa shape index (κ2) is 26.2. The quantitative estimate of drug-likeness (QED) is 0.100. The smallest absolute Gasteiger partial charge is 0.306 e. The zero-order valence-electron chi connectivity index (χ0n) is 22.1. The Bertz CT molecular complexity index is 488. The summed E-state index contributed by atoms with van der Waals surface area (Å²) in [5.74, 6) is 1.47. The third-order valence-corrected chi connectivity index (χ3v) is 6.17. The van der Waals surface area contributed by atoms with Crippen molar-refractivity contribution in [2.45, 2.75) is 72.0 Å². The fourth-order valence-corrected chi connectivity index (χ4v) is 3.94. The molecule has 10 heteroatoms. The number of thioether (sulfide) groups is 1. The van der Waals surface area contributed by atoms with Gasteiger partial charge >= 0.3 is 5.97 Å². The summed E-state index contributed by atoms with van der Waals surface area (Å²) in [5, 5.41) is 12.1. The number of hydrogen-bond acceptors (Lipinski definition) is 9. The highest BCUT2D eigenvalue weighted by Gasteiger charge is 2.08. The van der Waals surface area contributed by atoms with E-state index in [-0.39, 0.29) is 31.4 Å². The average molecular weight is 524 g/mol. The van der Waals surface area contributed by atoms with Gasteiger partial charge in [0.1, 0.15) is 6.61 Å². The highest BCUT2D eigenvalue weighted by atomic mass is 32.2. The summed E-state index contributed by atoms with van der Waals surface area (Å²) in [4.78, 5) is 23.6. The standard InChI is InChI=1S/C25H49NO8S/c1-4-22(21-27)9-7-8-13-26-23(28)11-19-35-20-12-24(29)34-18-17-31-16-15-30-14-10-25(32-5-2)33-6-3/h22,25,27H,4-21H2,1-3H3,(H,26,28). The predicted molar refractivity (Wildman–Crippen MR) is 139 cm³/mol. The number of esters is 1. The van der Waals surface area contributed by atoms with Crippen molar-refractivity contribution < 1.29 is 38.4 Å². The van der Waals surface area contributed by atoms with Crippen molar-refractivity contribution in [2.24, 2.45) is 5.92 Å². The molecule has 0 bridgehead atoms. The van der Waals surface area contributed by atoms with Gasteiger partial charge in [-0.25, -0.2) is 0 Å². The second-order valence-corrected chi connectivity index (χ2v) is 9.21. The highest BCUT2D eigenvalue weighted by Crippen LogP contribution is 2.11. The van der Waals surface area contributed by atoms with Crippen LogP contribution in [-0.4, -0.2) is 94.2 Å². The van der Waals surface area contributed by atoms with Crippen LogP contribution in [0.15, 0.2) is 0 Å². The molecule has 0 saturated carbocycles. The van der Waals surface area contributed by atoms with Crippen LogP contribution >= 0.6 is 11.8 Å². The number of amides is 1. The molecule has 1 amide bonds. The summed E-state index contributed by atoms with van der Waals surface area (Å²) < 4.78 is 26.9. The van der Waals surface area contributed by atoms with Crippen molar-refractivity contribution in [1.82, 2.24) is 5.32 Å². The Morgan fingerprint density at radius 1 is 0.857 bits per heavy atom. The minimum Gasteiger partial charge on any atom is -0.463 e. The third-order valence-electron chi connectivity index (χ3n) is 5.19. The van der Waals surface area contributed by atoms with Crippen molar-refractivity contribution in [2.75, 3.05) is 70.9 Å². The first-order valence-corrected chi connectivity index (χ1v) is 14.2. The maximum atomic E-state index is 11.8. The summed E-state index contributed by atoms with van der Waals surface area (Å²) in [6, 6.07) is 0. The molecule has 2 N–H and O–H groups in total. The van der Waals surface area contributed by atoms with Crippen LogP contribution in [0.1, 0.15) is 65.7 Å². The van der Waals surface area contributed by atoms with Crippen molar-refractivity contribution >= 4 is 23.6 Å². The topological polar surface area (TPSA) is 113 Å². The molecule has 0 aromatic rings. The van der Waals surface area contributed by atoms with Crippen molar-refractivity contribution in [1.29, 1.82) is 0 Å². The highest BCUT2D eigenvalue weighted by molar-refractivity contribution is 7.99. The summed E-state index contributed by atoms with van der Waals surface area (Å²) in [7, 11) is 0. The summed E-state index contributed by atoms with van der Waals surface area (Å²) in [5.41, 5.74) is 0. The molecule has 0 aliphatic carbocycles. The Kier molecular flexibility index (Phi) is 25.5. The SMILES string of the molecule is CCOC(CCOCCOCCOC(=O)CCSCCC(=O)NCCCCC(CC)CO)OCC. The number of aliphatic hydroxyl groups excluding tert-OH is 1. The van der Waals surface area contributed by atoms with Gasteiger partial charge in [-0.15, -0.1) is 0 Å². The molecule has 0 aliphatic heterocycles. The summed E-state index contributed by atoms with van der Waals surface area (Å²) in [6.07, 6.45) is 5.15. The Hall–Kier alpha value is -0.910.